The molecular formula is C16H23NO. The highest BCUT2D eigenvalue weighted by molar-refractivity contribution is 5.79. The van der Waals surface area contributed by atoms with Crippen LogP contribution in [0.25, 0.3) is 0 Å². The zero-order valence-electron chi connectivity index (χ0n) is 11.6. The summed E-state index contributed by atoms with van der Waals surface area (Å²) in [5.74, 6) is 0.281. The van der Waals surface area contributed by atoms with Crippen LogP contribution in [-0.2, 0) is 11.2 Å². The second-order valence-electron chi connectivity index (χ2n) is 5.53. The molecule has 1 heterocycles. The molecule has 1 saturated heterocycles. The fourth-order valence-corrected chi connectivity index (χ4v) is 2.98. The normalized spacial score (nSPS) is 24.1. The summed E-state index contributed by atoms with van der Waals surface area (Å²) in [6.45, 7) is 6.42. The molecule has 0 spiro atoms. The Hall–Kier alpha value is -1.31. The quantitative estimate of drug-likeness (QED) is 0.782. The molecule has 1 aliphatic rings. The van der Waals surface area contributed by atoms with Crippen molar-refractivity contribution in [1.29, 1.82) is 0 Å². The van der Waals surface area contributed by atoms with Crippen molar-refractivity contribution in [2.24, 2.45) is 0 Å². The van der Waals surface area contributed by atoms with E-state index < -0.39 is 0 Å². The SMILES string of the molecule is Cc1ccccc1CC(=O)N1C(C)CCCC1C. The van der Waals surface area contributed by atoms with Crippen molar-refractivity contribution < 1.29 is 4.79 Å². The number of benzene rings is 1. The lowest BCUT2D eigenvalue weighted by Crippen LogP contribution is -2.48. The topological polar surface area (TPSA) is 20.3 Å². The summed E-state index contributed by atoms with van der Waals surface area (Å²) in [6, 6.07) is 8.96. The second-order valence-corrected chi connectivity index (χ2v) is 5.53. The highest BCUT2D eigenvalue weighted by Crippen LogP contribution is 2.23. The van der Waals surface area contributed by atoms with E-state index in [1.807, 2.05) is 12.1 Å². The number of hydrogen-bond acceptors (Lipinski definition) is 1. The largest absolute Gasteiger partial charge is 0.337 e. The fourth-order valence-electron chi connectivity index (χ4n) is 2.98. The van der Waals surface area contributed by atoms with Crippen LogP contribution >= 0.6 is 0 Å². The second kappa shape index (κ2) is 5.55. The highest BCUT2D eigenvalue weighted by Gasteiger charge is 2.28. The molecule has 0 saturated carbocycles. The lowest BCUT2D eigenvalue weighted by atomic mass is 9.96. The van der Waals surface area contributed by atoms with E-state index in [2.05, 4.69) is 37.8 Å². The Balaban J connectivity index is 2.09. The van der Waals surface area contributed by atoms with Gasteiger partial charge in [-0.1, -0.05) is 24.3 Å². The fraction of sp³-hybridized carbons (Fsp3) is 0.562. The zero-order chi connectivity index (χ0) is 13.1. The summed E-state index contributed by atoms with van der Waals surface area (Å²) >= 11 is 0. The molecule has 1 amide bonds. The number of rotatable bonds is 2. The standard InChI is InChI=1S/C16H23NO/c1-12-7-4-5-10-15(12)11-16(18)17-13(2)8-6-9-14(17)3/h4-5,7,10,13-14H,6,8-9,11H2,1-3H3. The molecule has 1 fully saturated rings. The van der Waals surface area contributed by atoms with Crippen molar-refractivity contribution in [3.8, 4) is 0 Å². The number of amides is 1. The lowest BCUT2D eigenvalue weighted by molar-refractivity contribution is -0.136. The average Bonchev–Trinajstić information content (AvgIpc) is 2.32. The summed E-state index contributed by atoms with van der Waals surface area (Å²) in [5, 5.41) is 0. The first-order valence-corrected chi connectivity index (χ1v) is 6.95. The Morgan fingerprint density at radius 2 is 1.83 bits per heavy atom. The van der Waals surface area contributed by atoms with Crippen LogP contribution in [0.2, 0.25) is 0 Å². The number of piperidine rings is 1. The summed E-state index contributed by atoms with van der Waals surface area (Å²) in [6.07, 6.45) is 4.07. The number of hydrogen-bond donors (Lipinski definition) is 0. The smallest absolute Gasteiger partial charge is 0.227 e. The lowest BCUT2D eigenvalue weighted by Gasteiger charge is -2.39. The van der Waals surface area contributed by atoms with E-state index in [0.717, 1.165) is 18.4 Å². The molecule has 1 aromatic carbocycles. The van der Waals surface area contributed by atoms with Gasteiger partial charge in [-0.3, -0.25) is 4.79 Å². The third-order valence-corrected chi connectivity index (χ3v) is 4.08. The van der Waals surface area contributed by atoms with Crippen molar-refractivity contribution >= 4 is 5.91 Å². The predicted molar refractivity (Wildman–Crippen MR) is 74.5 cm³/mol. The highest BCUT2D eigenvalue weighted by atomic mass is 16.2. The van der Waals surface area contributed by atoms with Gasteiger partial charge in [-0.15, -0.1) is 0 Å². The average molecular weight is 245 g/mol. The molecule has 0 aliphatic carbocycles. The molecule has 2 atom stereocenters. The predicted octanol–water partition coefficient (Wildman–Crippen LogP) is 3.33. The minimum Gasteiger partial charge on any atom is -0.337 e. The maximum Gasteiger partial charge on any atom is 0.227 e. The molecule has 0 N–H and O–H groups in total. The van der Waals surface area contributed by atoms with Crippen LogP contribution in [-0.4, -0.2) is 22.9 Å². The van der Waals surface area contributed by atoms with Crippen LogP contribution in [0.3, 0.4) is 0 Å². The van der Waals surface area contributed by atoms with Gasteiger partial charge >= 0.3 is 0 Å². The van der Waals surface area contributed by atoms with E-state index in [1.165, 1.54) is 12.0 Å². The number of likely N-dealkylation sites (tertiary alicyclic amines) is 1. The van der Waals surface area contributed by atoms with E-state index in [1.54, 1.807) is 0 Å². The van der Waals surface area contributed by atoms with E-state index in [-0.39, 0.29) is 5.91 Å². The monoisotopic (exact) mass is 245 g/mol. The molecule has 0 radical (unpaired) electrons. The minimum absolute atomic E-state index is 0.281. The van der Waals surface area contributed by atoms with Crippen molar-refractivity contribution in [1.82, 2.24) is 4.90 Å². The van der Waals surface area contributed by atoms with Crippen LogP contribution in [0.1, 0.15) is 44.2 Å². The molecule has 0 bridgehead atoms. The summed E-state index contributed by atoms with van der Waals surface area (Å²) in [4.78, 5) is 14.6. The van der Waals surface area contributed by atoms with Crippen LogP contribution in [0.5, 0.6) is 0 Å². The number of aryl methyl sites for hydroxylation is 1. The first-order valence-electron chi connectivity index (χ1n) is 6.95. The molecular weight excluding hydrogens is 222 g/mol. The van der Waals surface area contributed by atoms with Gasteiger partial charge in [0.05, 0.1) is 6.42 Å². The first kappa shape index (κ1) is 13.1. The van der Waals surface area contributed by atoms with E-state index >= 15 is 0 Å². The van der Waals surface area contributed by atoms with E-state index in [9.17, 15) is 4.79 Å². The third kappa shape index (κ3) is 2.74. The molecule has 98 valence electrons. The minimum atomic E-state index is 0.281. The van der Waals surface area contributed by atoms with Crippen molar-refractivity contribution in [2.45, 2.75) is 58.5 Å². The molecule has 2 rings (SSSR count). The molecule has 2 heteroatoms. The van der Waals surface area contributed by atoms with Gasteiger partial charge in [-0.25, -0.2) is 0 Å². The molecule has 1 aromatic rings. The van der Waals surface area contributed by atoms with Crippen LogP contribution < -0.4 is 0 Å². The summed E-state index contributed by atoms with van der Waals surface area (Å²) < 4.78 is 0. The van der Waals surface area contributed by atoms with E-state index in [4.69, 9.17) is 0 Å². The Kier molecular flexibility index (Phi) is 4.05. The van der Waals surface area contributed by atoms with Crippen molar-refractivity contribution in [3.05, 3.63) is 35.4 Å². The van der Waals surface area contributed by atoms with E-state index in [0.29, 0.717) is 18.5 Å². The molecule has 2 unspecified atom stereocenters. The van der Waals surface area contributed by atoms with Crippen molar-refractivity contribution in [2.75, 3.05) is 0 Å². The number of carbonyl (C=O) groups is 1. The van der Waals surface area contributed by atoms with Crippen LogP contribution in [0.4, 0.5) is 0 Å². The maximum absolute atomic E-state index is 12.5. The van der Waals surface area contributed by atoms with Gasteiger partial charge in [0.2, 0.25) is 5.91 Å². The summed E-state index contributed by atoms with van der Waals surface area (Å²) in [5.41, 5.74) is 2.37. The molecule has 2 nitrogen and oxygen atoms in total. The van der Waals surface area contributed by atoms with Gasteiger partial charge in [0.25, 0.3) is 0 Å². The van der Waals surface area contributed by atoms with Crippen LogP contribution in [0, 0.1) is 6.92 Å². The van der Waals surface area contributed by atoms with Crippen molar-refractivity contribution in [3.63, 3.8) is 0 Å². The maximum atomic E-state index is 12.5. The Labute approximate surface area is 110 Å². The third-order valence-electron chi connectivity index (χ3n) is 4.08. The van der Waals surface area contributed by atoms with Gasteiger partial charge in [0, 0.05) is 12.1 Å². The summed E-state index contributed by atoms with van der Waals surface area (Å²) in [7, 11) is 0. The van der Waals surface area contributed by atoms with Gasteiger partial charge in [-0.2, -0.15) is 0 Å². The van der Waals surface area contributed by atoms with Gasteiger partial charge in [0.1, 0.15) is 0 Å². The number of carbonyl (C=O) groups excluding carboxylic acids is 1. The van der Waals surface area contributed by atoms with Crippen LogP contribution in [0.15, 0.2) is 24.3 Å². The Morgan fingerprint density at radius 1 is 1.22 bits per heavy atom. The first-order chi connectivity index (χ1) is 8.59. The number of nitrogens with zero attached hydrogens (tertiary/aromatic N) is 1. The van der Waals surface area contributed by atoms with Gasteiger partial charge in [-0.05, 0) is 51.2 Å². The molecule has 0 aromatic heterocycles. The molecule has 18 heavy (non-hydrogen) atoms. The molecule has 1 aliphatic heterocycles. The van der Waals surface area contributed by atoms with Gasteiger partial charge < -0.3 is 4.90 Å². The van der Waals surface area contributed by atoms with Gasteiger partial charge in [0.15, 0.2) is 0 Å². The Bertz CT molecular complexity index is 417. The zero-order valence-corrected chi connectivity index (χ0v) is 11.6. The Morgan fingerprint density at radius 3 is 2.44 bits per heavy atom.